The van der Waals surface area contributed by atoms with Crippen LogP contribution in [0.5, 0.6) is 0 Å². The molecule has 0 saturated heterocycles. The number of imidazole rings is 1. The molecule has 0 radical (unpaired) electrons. The first kappa shape index (κ1) is 26.1. The van der Waals surface area contributed by atoms with Crippen LogP contribution < -0.4 is 5.73 Å². The number of halogens is 1. The molecule has 0 aliphatic carbocycles. The Morgan fingerprint density at radius 3 is 2.39 bits per heavy atom. The lowest BCUT2D eigenvalue weighted by molar-refractivity contribution is 1.07. The molecule has 0 aliphatic heterocycles. The monoisotopic (exact) mass is 495 g/mol. The molecule has 0 aliphatic rings. The maximum Gasteiger partial charge on any atom is 0.165 e. The molecule has 4 heterocycles. The molecule has 1 aromatic carbocycles. The first-order valence-corrected chi connectivity index (χ1v) is 11.8. The van der Waals surface area contributed by atoms with E-state index in [0.717, 1.165) is 11.3 Å². The minimum Gasteiger partial charge on any atom is -0.383 e. The summed E-state index contributed by atoms with van der Waals surface area (Å²) < 4.78 is 1.94. The van der Waals surface area contributed by atoms with Crippen LogP contribution in [0.2, 0.25) is 0 Å². The molecule has 0 fully saturated rings. The van der Waals surface area contributed by atoms with Crippen LogP contribution in [-0.2, 0) is 5.88 Å². The molecule has 5 aromatic rings. The maximum absolute atomic E-state index is 9.50. The number of fused-ring (bicyclic) bond motifs is 1. The summed E-state index contributed by atoms with van der Waals surface area (Å²) in [5, 5.41) is 9.50. The number of nitrogens with two attached hydrogens (primary N) is 1. The van der Waals surface area contributed by atoms with Crippen LogP contribution in [0.4, 0.5) is 5.82 Å². The topological polar surface area (TPSA) is 106 Å². The van der Waals surface area contributed by atoms with Gasteiger partial charge in [0.25, 0.3) is 0 Å². The van der Waals surface area contributed by atoms with E-state index in [4.69, 9.17) is 27.3 Å². The fraction of sp³-hybridized carbons (Fsp3) is 0.107. The Hall–Kier alpha value is -4.54. The first-order valence-electron chi connectivity index (χ1n) is 11.3. The average Bonchev–Trinajstić information content (AvgIpc) is 3.34. The predicted molar refractivity (Wildman–Crippen MR) is 147 cm³/mol. The smallest absolute Gasteiger partial charge is 0.165 e. The standard InChI is InChI=1S/C24H16ClN7.C2H6.C2H4/c25-12-15-3-5-17(6-4-15)32-23(18-2-1-10-29-22(18)27)31-21-8-7-20(30-24(21)32)19-14-28-11-9-16(19)13-26;2*1-2/h1-11,14H,12H2,(H2,27,29);1-2H3;1-2H2. The Morgan fingerprint density at radius 2 is 1.72 bits per heavy atom. The third-order valence-corrected chi connectivity index (χ3v) is 5.46. The van der Waals surface area contributed by atoms with E-state index in [0.29, 0.717) is 51.1 Å². The molecule has 2 N–H and O–H groups in total. The van der Waals surface area contributed by atoms with Crippen molar-refractivity contribution in [2.24, 2.45) is 0 Å². The van der Waals surface area contributed by atoms with E-state index in [9.17, 15) is 5.26 Å². The van der Waals surface area contributed by atoms with Crippen LogP contribution in [0, 0.1) is 11.3 Å². The second kappa shape index (κ2) is 12.2. The second-order valence-corrected chi connectivity index (χ2v) is 7.35. The summed E-state index contributed by atoms with van der Waals surface area (Å²) in [4.78, 5) is 18.1. The normalized spacial score (nSPS) is 9.94. The van der Waals surface area contributed by atoms with Crippen molar-refractivity contribution in [2.45, 2.75) is 19.7 Å². The van der Waals surface area contributed by atoms with Gasteiger partial charge in [0.05, 0.1) is 22.9 Å². The molecule has 7 nitrogen and oxygen atoms in total. The highest BCUT2D eigenvalue weighted by atomic mass is 35.5. The van der Waals surface area contributed by atoms with Gasteiger partial charge >= 0.3 is 0 Å². The third kappa shape index (κ3) is 5.09. The van der Waals surface area contributed by atoms with Gasteiger partial charge in [-0.05, 0) is 48.0 Å². The van der Waals surface area contributed by atoms with Gasteiger partial charge < -0.3 is 5.73 Å². The molecule has 0 spiro atoms. The van der Waals surface area contributed by atoms with Crippen LogP contribution in [-0.4, -0.2) is 24.5 Å². The summed E-state index contributed by atoms with van der Waals surface area (Å²) in [5.41, 5.74) is 11.9. The molecule has 36 heavy (non-hydrogen) atoms. The number of anilines is 1. The molecule has 0 unspecified atom stereocenters. The number of pyridine rings is 3. The van der Waals surface area contributed by atoms with Gasteiger partial charge in [0, 0.05) is 35.7 Å². The summed E-state index contributed by atoms with van der Waals surface area (Å²) in [5.74, 6) is 1.43. The lowest BCUT2D eigenvalue weighted by atomic mass is 10.1. The number of aromatic nitrogens is 5. The van der Waals surface area contributed by atoms with Crippen LogP contribution >= 0.6 is 11.6 Å². The number of nitrogens with zero attached hydrogens (tertiary/aromatic N) is 6. The van der Waals surface area contributed by atoms with Crippen molar-refractivity contribution in [1.29, 1.82) is 5.26 Å². The molecular formula is C28H26ClN7. The largest absolute Gasteiger partial charge is 0.383 e. The molecule has 4 aromatic heterocycles. The molecular weight excluding hydrogens is 470 g/mol. The Kier molecular flexibility index (Phi) is 8.87. The van der Waals surface area contributed by atoms with Crippen LogP contribution in [0.15, 0.2) is 86.3 Å². The molecule has 0 bridgehead atoms. The van der Waals surface area contributed by atoms with E-state index >= 15 is 0 Å². The number of rotatable bonds is 4. The van der Waals surface area contributed by atoms with Gasteiger partial charge in [0.2, 0.25) is 0 Å². The Labute approximate surface area is 215 Å². The SMILES string of the molecule is C=C.CC.N#Cc1ccncc1-c1ccc2nc(-c3cccnc3N)n(-c3ccc(CCl)cc3)c2n1. The van der Waals surface area contributed by atoms with Crippen molar-refractivity contribution >= 4 is 28.6 Å². The molecule has 0 atom stereocenters. The highest BCUT2D eigenvalue weighted by molar-refractivity contribution is 6.17. The zero-order valence-electron chi connectivity index (χ0n) is 20.2. The molecule has 0 amide bonds. The molecule has 5 rings (SSSR count). The van der Waals surface area contributed by atoms with Gasteiger partial charge in [-0.3, -0.25) is 9.55 Å². The van der Waals surface area contributed by atoms with Crippen LogP contribution in [0.3, 0.4) is 0 Å². The lowest BCUT2D eigenvalue weighted by Crippen LogP contribution is -2.02. The number of nitrogen functional groups attached to an aromatic ring is 1. The van der Waals surface area contributed by atoms with Gasteiger partial charge in [0.1, 0.15) is 11.3 Å². The zero-order valence-corrected chi connectivity index (χ0v) is 20.9. The average molecular weight is 496 g/mol. The quantitative estimate of drug-likeness (QED) is 0.223. The second-order valence-electron chi connectivity index (χ2n) is 7.08. The highest BCUT2D eigenvalue weighted by Gasteiger charge is 2.19. The van der Waals surface area contributed by atoms with E-state index in [1.54, 1.807) is 24.7 Å². The number of hydrogen-bond acceptors (Lipinski definition) is 6. The Balaban J connectivity index is 0.000000861. The zero-order chi connectivity index (χ0) is 26.1. The number of nitriles is 1. The van der Waals surface area contributed by atoms with Crippen molar-refractivity contribution in [3.63, 3.8) is 0 Å². The Morgan fingerprint density at radius 1 is 0.972 bits per heavy atom. The summed E-state index contributed by atoms with van der Waals surface area (Å²) >= 11 is 5.98. The number of benzene rings is 1. The van der Waals surface area contributed by atoms with Crippen molar-refractivity contribution in [2.75, 3.05) is 5.73 Å². The van der Waals surface area contributed by atoms with E-state index in [2.05, 4.69) is 29.2 Å². The van der Waals surface area contributed by atoms with Gasteiger partial charge in [-0.1, -0.05) is 26.0 Å². The van der Waals surface area contributed by atoms with Crippen molar-refractivity contribution in [3.05, 3.63) is 97.5 Å². The summed E-state index contributed by atoms with van der Waals surface area (Å²) in [6.07, 6.45) is 4.87. The van der Waals surface area contributed by atoms with Crippen LogP contribution in [0.1, 0.15) is 25.0 Å². The van der Waals surface area contributed by atoms with Gasteiger partial charge in [-0.15, -0.1) is 24.8 Å². The van der Waals surface area contributed by atoms with Crippen molar-refractivity contribution < 1.29 is 0 Å². The molecule has 0 saturated carbocycles. The van der Waals surface area contributed by atoms with Crippen LogP contribution in [0.25, 0.3) is 39.5 Å². The fourth-order valence-corrected chi connectivity index (χ4v) is 3.75. The van der Waals surface area contributed by atoms with E-state index < -0.39 is 0 Å². The first-order chi connectivity index (χ1) is 17.7. The minimum atomic E-state index is 0.376. The number of hydrogen-bond donors (Lipinski definition) is 1. The van der Waals surface area contributed by atoms with Gasteiger partial charge in [0.15, 0.2) is 11.5 Å². The summed E-state index contributed by atoms with van der Waals surface area (Å²) in [6.45, 7) is 10.0. The summed E-state index contributed by atoms with van der Waals surface area (Å²) in [6, 6.07) is 19.1. The lowest BCUT2D eigenvalue weighted by Gasteiger charge is -2.11. The minimum absolute atomic E-state index is 0.376. The predicted octanol–water partition coefficient (Wildman–Crippen LogP) is 6.57. The molecule has 180 valence electrons. The Bertz CT molecular complexity index is 1500. The van der Waals surface area contributed by atoms with Crippen molar-refractivity contribution in [3.8, 4) is 34.4 Å². The summed E-state index contributed by atoms with van der Waals surface area (Å²) in [7, 11) is 0. The highest BCUT2D eigenvalue weighted by Crippen LogP contribution is 2.32. The molecule has 8 heteroatoms. The van der Waals surface area contributed by atoms with E-state index in [-0.39, 0.29) is 0 Å². The van der Waals surface area contributed by atoms with E-state index in [1.807, 2.05) is 66.9 Å². The third-order valence-electron chi connectivity index (χ3n) is 5.15. The maximum atomic E-state index is 9.50. The number of alkyl halides is 1. The van der Waals surface area contributed by atoms with Gasteiger partial charge in [-0.2, -0.15) is 5.26 Å². The van der Waals surface area contributed by atoms with E-state index in [1.165, 1.54) is 0 Å². The van der Waals surface area contributed by atoms with Crippen molar-refractivity contribution in [1.82, 2.24) is 24.5 Å². The fourth-order valence-electron chi connectivity index (χ4n) is 3.57. The van der Waals surface area contributed by atoms with Gasteiger partial charge in [-0.25, -0.2) is 15.0 Å².